The molecular weight excluding hydrogens is 392 g/mol. The van der Waals surface area contributed by atoms with Gasteiger partial charge in [0.1, 0.15) is 11.5 Å². The SMILES string of the molecule is COc1cc(OC)cc(C(=O)NN=Cc2cc(Br)c(O)c(OC)c2)c1. The highest BCUT2D eigenvalue weighted by Gasteiger charge is 2.10. The molecule has 1 amide bonds. The number of rotatable bonds is 6. The van der Waals surface area contributed by atoms with Crippen molar-refractivity contribution in [2.45, 2.75) is 0 Å². The molecule has 0 saturated heterocycles. The number of hydrazone groups is 1. The second-order valence-electron chi connectivity index (χ2n) is 4.85. The number of carbonyl (C=O) groups is 1. The molecule has 0 aliphatic heterocycles. The van der Waals surface area contributed by atoms with E-state index in [2.05, 4.69) is 26.5 Å². The van der Waals surface area contributed by atoms with Crippen molar-refractivity contribution in [3.8, 4) is 23.0 Å². The van der Waals surface area contributed by atoms with E-state index in [0.29, 0.717) is 32.8 Å². The summed E-state index contributed by atoms with van der Waals surface area (Å²) < 4.78 is 15.8. The van der Waals surface area contributed by atoms with Gasteiger partial charge in [-0.05, 0) is 45.8 Å². The number of nitrogens with zero attached hydrogens (tertiary/aromatic N) is 1. The van der Waals surface area contributed by atoms with Crippen molar-refractivity contribution in [3.05, 3.63) is 45.9 Å². The third-order valence-corrected chi connectivity index (χ3v) is 3.87. The van der Waals surface area contributed by atoms with Crippen molar-refractivity contribution in [1.29, 1.82) is 0 Å². The van der Waals surface area contributed by atoms with E-state index in [1.165, 1.54) is 27.5 Å². The molecule has 8 heteroatoms. The number of phenols is 1. The third-order valence-electron chi connectivity index (χ3n) is 3.26. The Morgan fingerprint density at radius 3 is 2.28 bits per heavy atom. The summed E-state index contributed by atoms with van der Waals surface area (Å²) in [6, 6.07) is 8.05. The van der Waals surface area contributed by atoms with Crippen LogP contribution in [0, 0.1) is 0 Å². The van der Waals surface area contributed by atoms with Gasteiger partial charge in [-0.25, -0.2) is 5.43 Å². The normalized spacial score (nSPS) is 10.6. The van der Waals surface area contributed by atoms with Crippen LogP contribution in [-0.4, -0.2) is 38.6 Å². The van der Waals surface area contributed by atoms with Gasteiger partial charge >= 0.3 is 0 Å². The summed E-state index contributed by atoms with van der Waals surface area (Å²) >= 11 is 3.22. The summed E-state index contributed by atoms with van der Waals surface area (Å²) in [4.78, 5) is 12.2. The van der Waals surface area contributed by atoms with Gasteiger partial charge in [-0.3, -0.25) is 4.79 Å². The molecule has 0 saturated carbocycles. The number of hydrogen-bond acceptors (Lipinski definition) is 6. The van der Waals surface area contributed by atoms with Gasteiger partial charge in [0.25, 0.3) is 5.91 Å². The lowest BCUT2D eigenvalue weighted by Crippen LogP contribution is -2.17. The Morgan fingerprint density at radius 2 is 1.72 bits per heavy atom. The van der Waals surface area contributed by atoms with Crippen LogP contribution >= 0.6 is 15.9 Å². The first-order valence-corrected chi connectivity index (χ1v) is 7.90. The van der Waals surface area contributed by atoms with Gasteiger partial charge in [-0.2, -0.15) is 5.10 Å². The van der Waals surface area contributed by atoms with Crippen molar-refractivity contribution < 1.29 is 24.1 Å². The number of nitrogens with one attached hydrogen (secondary N) is 1. The maximum absolute atomic E-state index is 12.2. The molecule has 0 fully saturated rings. The number of ether oxygens (including phenoxy) is 3. The lowest BCUT2D eigenvalue weighted by molar-refractivity contribution is 0.0954. The lowest BCUT2D eigenvalue weighted by atomic mass is 10.2. The zero-order chi connectivity index (χ0) is 18.4. The second-order valence-corrected chi connectivity index (χ2v) is 5.71. The molecule has 0 aromatic heterocycles. The first-order valence-electron chi connectivity index (χ1n) is 7.11. The Labute approximate surface area is 153 Å². The molecular formula is C17H17BrN2O5. The lowest BCUT2D eigenvalue weighted by Gasteiger charge is -2.08. The van der Waals surface area contributed by atoms with Crippen LogP contribution in [0.3, 0.4) is 0 Å². The monoisotopic (exact) mass is 408 g/mol. The summed E-state index contributed by atoms with van der Waals surface area (Å²) in [5.74, 6) is 0.867. The number of amides is 1. The zero-order valence-electron chi connectivity index (χ0n) is 13.9. The molecule has 132 valence electrons. The molecule has 0 atom stereocenters. The number of aromatic hydroxyl groups is 1. The molecule has 0 spiro atoms. The molecule has 2 aromatic carbocycles. The second kappa shape index (κ2) is 8.39. The summed E-state index contributed by atoms with van der Waals surface area (Å²) in [7, 11) is 4.45. The van der Waals surface area contributed by atoms with Gasteiger partial charge in [-0.15, -0.1) is 0 Å². The van der Waals surface area contributed by atoms with E-state index in [1.807, 2.05) is 0 Å². The van der Waals surface area contributed by atoms with Crippen molar-refractivity contribution in [2.24, 2.45) is 5.10 Å². The Hall–Kier alpha value is -2.74. The maximum Gasteiger partial charge on any atom is 0.271 e. The van der Waals surface area contributed by atoms with Crippen LogP contribution in [0.25, 0.3) is 0 Å². The minimum Gasteiger partial charge on any atom is -0.503 e. The Kier molecular flexibility index (Phi) is 6.24. The number of phenolic OH excluding ortho intramolecular Hbond substituents is 1. The average Bonchev–Trinajstić information content (AvgIpc) is 2.63. The largest absolute Gasteiger partial charge is 0.503 e. The van der Waals surface area contributed by atoms with Gasteiger partial charge in [0, 0.05) is 11.6 Å². The minimum absolute atomic E-state index is 0.00726. The molecule has 7 nitrogen and oxygen atoms in total. The number of methoxy groups -OCH3 is 3. The van der Waals surface area contributed by atoms with E-state index >= 15 is 0 Å². The number of carbonyl (C=O) groups excluding carboxylic acids is 1. The first kappa shape index (κ1) is 18.6. The Morgan fingerprint density at radius 1 is 1.08 bits per heavy atom. The van der Waals surface area contributed by atoms with E-state index in [-0.39, 0.29) is 5.75 Å². The fourth-order valence-corrected chi connectivity index (χ4v) is 2.45. The van der Waals surface area contributed by atoms with E-state index < -0.39 is 5.91 Å². The molecule has 2 rings (SSSR count). The minimum atomic E-state index is -0.418. The predicted molar refractivity (Wildman–Crippen MR) is 97.0 cm³/mol. The highest BCUT2D eigenvalue weighted by molar-refractivity contribution is 9.10. The third kappa shape index (κ3) is 4.63. The van der Waals surface area contributed by atoms with Crippen molar-refractivity contribution in [3.63, 3.8) is 0 Å². The predicted octanol–water partition coefficient (Wildman–Crippen LogP) is 2.94. The van der Waals surface area contributed by atoms with Crippen LogP contribution in [0.1, 0.15) is 15.9 Å². The van der Waals surface area contributed by atoms with Crippen LogP contribution in [0.4, 0.5) is 0 Å². The van der Waals surface area contributed by atoms with Crippen LogP contribution in [0.5, 0.6) is 23.0 Å². The number of halogens is 1. The molecule has 0 bridgehead atoms. The van der Waals surface area contributed by atoms with Crippen LogP contribution < -0.4 is 19.6 Å². The van der Waals surface area contributed by atoms with Crippen molar-refractivity contribution in [1.82, 2.24) is 5.43 Å². The van der Waals surface area contributed by atoms with Crippen molar-refractivity contribution >= 4 is 28.1 Å². The quantitative estimate of drug-likeness (QED) is 0.566. The topological polar surface area (TPSA) is 89.4 Å². The van der Waals surface area contributed by atoms with E-state index in [9.17, 15) is 9.90 Å². The molecule has 2 N–H and O–H groups in total. The molecule has 0 radical (unpaired) electrons. The first-order chi connectivity index (χ1) is 12.0. The highest BCUT2D eigenvalue weighted by atomic mass is 79.9. The highest BCUT2D eigenvalue weighted by Crippen LogP contribution is 2.34. The van der Waals surface area contributed by atoms with Gasteiger partial charge in [0.2, 0.25) is 0 Å². The van der Waals surface area contributed by atoms with E-state index in [1.54, 1.807) is 30.3 Å². The molecule has 0 aliphatic carbocycles. The summed E-state index contributed by atoms with van der Waals surface area (Å²) in [6.07, 6.45) is 1.43. The Bertz CT molecular complexity index is 786. The van der Waals surface area contributed by atoms with E-state index in [4.69, 9.17) is 14.2 Å². The fraction of sp³-hybridized carbons (Fsp3) is 0.176. The Balaban J connectivity index is 2.14. The van der Waals surface area contributed by atoms with Crippen LogP contribution in [0.15, 0.2) is 39.9 Å². The summed E-state index contributed by atoms with van der Waals surface area (Å²) in [5.41, 5.74) is 3.40. The molecule has 0 heterocycles. The smallest absolute Gasteiger partial charge is 0.271 e. The molecule has 25 heavy (non-hydrogen) atoms. The number of benzene rings is 2. The zero-order valence-corrected chi connectivity index (χ0v) is 15.5. The van der Waals surface area contributed by atoms with Gasteiger partial charge in [0.15, 0.2) is 11.5 Å². The molecule has 0 aliphatic rings. The van der Waals surface area contributed by atoms with E-state index in [0.717, 1.165) is 0 Å². The fourth-order valence-electron chi connectivity index (χ4n) is 1.99. The average molecular weight is 409 g/mol. The van der Waals surface area contributed by atoms with Crippen LogP contribution in [-0.2, 0) is 0 Å². The number of hydrogen-bond donors (Lipinski definition) is 2. The van der Waals surface area contributed by atoms with Gasteiger partial charge in [0.05, 0.1) is 32.0 Å². The molecule has 0 unspecified atom stereocenters. The summed E-state index contributed by atoms with van der Waals surface area (Å²) in [6.45, 7) is 0. The van der Waals surface area contributed by atoms with Crippen LogP contribution in [0.2, 0.25) is 0 Å². The van der Waals surface area contributed by atoms with Crippen molar-refractivity contribution in [2.75, 3.05) is 21.3 Å². The van der Waals surface area contributed by atoms with Gasteiger partial charge < -0.3 is 19.3 Å². The van der Waals surface area contributed by atoms with Gasteiger partial charge in [-0.1, -0.05) is 0 Å². The standard InChI is InChI=1S/C17H17BrN2O5/c1-23-12-6-11(7-13(8-12)24-2)17(22)20-19-9-10-4-14(18)16(21)15(5-10)25-3/h4-9,21H,1-3H3,(H,20,22). The summed E-state index contributed by atoms with van der Waals surface area (Å²) in [5, 5.41) is 13.7. The molecule has 2 aromatic rings. The maximum atomic E-state index is 12.2.